The van der Waals surface area contributed by atoms with E-state index in [9.17, 15) is 0 Å². The first-order valence-corrected chi connectivity index (χ1v) is 9.58. The number of fused-ring (bicyclic) bond motifs is 2. The Labute approximate surface area is 160 Å². The molecule has 0 saturated carbocycles. The van der Waals surface area contributed by atoms with E-state index in [1.165, 1.54) is 11.0 Å². The van der Waals surface area contributed by atoms with Crippen molar-refractivity contribution in [2.24, 2.45) is 0 Å². The molecule has 0 aliphatic rings. The second-order valence-corrected chi connectivity index (χ2v) is 9.35. The number of aromatic nitrogens is 4. The Bertz CT molecular complexity index is 1030. The quantitative estimate of drug-likeness (QED) is 0.474. The van der Waals surface area contributed by atoms with Gasteiger partial charge in [0, 0.05) is 10.8 Å². The molecule has 4 rings (SSSR count). The van der Waals surface area contributed by atoms with Crippen molar-refractivity contribution >= 4 is 22.1 Å². The summed E-state index contributed by atoms with van der Waals surface area (Å²) in [5.74, 6) is 2.20. The van der Waals surface area contributed by atoms with Gasteiger partial charge in [0.2, 0.25) is 0 Å². The van der Waals surface area contributed by atoms with Gasteiger partial charge in [0.05, 0.1) is 22.1 Å². The minimum atomic E-state index is -0.0443. The molecule has 0 spiro atoms. The van der Waals surface area contributed by atoms with Crippen molar-refractivity contribution in [3.8, 4) is 0 Å². The SMILES string of the molecule is CC(C)(C)c1nc2ccccc2n1Cn1c(C(C)(C)C)nc2ccccc21. The highest BCUT2D eigenvalue weighted by Gasteiger charge is 2.26. The largest absolute Gasteiger partial charge is 0.309 e. The minimum Gasteiger partial charge on any atom is -0.309 e. The van der Waals surface area contributed by atoms with E-state index in [2.05, 4.69) is 99.2 Å². The summed E-state index contributed by atoms with van der Waals surface area (Å²) < 4.78 is 4.69. The molecule has 27 heavy (non-hydrogen) atoms. The highest BCUT2D eigenvalue weighted by molar-refractivity contribution is 5.78. The van der Waals surface area contributed by atoms with Crippen LogP contribution in [-0.2, 0) is 17.5 Å². The first-order valence-electron chi connectivity index (χ1n) is 9.58. The van der Waals surface area contributed by atoms with Gasteiger partial charge in [-0.15, -0.1) is 0 Å². The summed E-state index contributed by atoms with van der Waals surface area (Å²) >= 11 is 0. The lowest BCUT2D eigenvalue weighted by molar-refractivity contribution is 0.456. The lowest BCUT2D eigenvalue weighted by Gasteiger charge is -2.24. The maximum Gasteiger partial charge on any atom is 0.116 e. The van der Waals surface area contributed by atoms with Gasteiger partial charge in [0.15, 0.2) is 0 Å². The molecule has 2 aromatic heterocycles. The van der Waals surface area contributed by atoms with E-state index in [4.69, 9.17) is 9.97 Å². The molecule has 0 amide bonds. The molecule has 0 radical (unpaired) electrons. The second-order valence-electron chi connectivity index (χ2n) is 9.35. The summed E-state index contributed by atoms with van der Waals surface area (Å²) in [6, 6.07) is 16.8. The number of nitrogens with zero attached hydrogens (tertiary/aromatic N) is 4. The maximum atomic E-state index is 4.97. The van der Waals surface area contributed by atoms with Gasteiger partial charge in [-0.25, -0.2) is 9.97 Å². The highest BCUT2D eigenvalue weighted by atomic mass is 15.2. The number of benzene rings is 2. The van der Waals surface area contributed by atoms with Gasteiger partial charge < -0.3 is 9.13 Å². The summed E-state index contributed by atoms with van der Waals surface area (Å²) in [5.41, 5.74) is 4.34. The Morgan fingerprint density at radius 1 is 0.630 bits per heavy atom. The van der Waals surface area contributed by atoms with Crippen LogP contribution in [0.2, 0.25) is 0 Å². The third kappa shape index (κ3) is 3.03. The molecule has 0 unspecified atom stereocenters. The molecule has 0 atom stereocenters. The van der Waals surface area contributed by atoms with Gasteiger partial charge in [0.25, 0.3) is 0 Å². The van der Waals surface area contributed by atoms with Crippen molar-refractivity contribution < 1.29 is 0 Å². The Morgan fingerprint density at radius 2 is 1.00 bits per heavy atom. The molecule has 2 heterocycles. The number of rotatable bonds is 2. The van der Waals surface area contributed by atoms with Crippen LogP contribution in [0.4, 0.5) is 0 Å². The summed E-state index contributed by atoms with van der Waals surface area (Å²) in [5, 5.41) is 0. The van der Waals surface area contributed by atoms with Crippen LogP contribution in [0.5, 0.6) is 0 Å². The fourth-order valence-corrected chi connectivity index (χ4v) is 3.72. The summed E-state index contributed by atoms with van der Waals surface area (Å²) in [7, 11) is 0. The Hall–Kier alpha value is -2.62. The summed E-state index contributed by atoms with van der Waals surface area (Å²) in [4.78, 5) is 9.93. The minimum absolute atomic E-state index is 0.0443. The third-order valence-corrected chi connectivity index (χ3v) is 4.93. The fraction of sp³-hybridized carbons (Fsp3) is 0.391. The average Bonchev–Trinajstić information content (AvgIpc) is 3.14. The Kier molecular flexibility index (Phi) is 3.91. The molecule has 0 aliphatic heterocycles. The average molecular weight is 361 g/mol. The topological polar surface area (TPSA) is 35.6 Å². The fourth-order valence-electron chi connectivity index (χ4n) is 3.72. The normalized spacial score (nSPS) is 13.0. The van der Waals surface area contributed by atoms with Crippen molar-refractivity contribution in [1.82, 2.24) is 19.1 Å². The molecule has 0 aliphatic carbocycles. The Morgan fingerprint density at radius 3 is 1.37 bits per heavy atom. The van der Waals surface area contributed by atoms with E-state index in [-0.39, 0.29) is 10.8 Å². The standard InChI is InChI=1S/C23H28N4/c1-22(2,3)20-24-16-11-7-9-13-18(16)26(20)15-27-19-14-10-8-12-17(19)25-21(27)23(4,5)6/h7-14H,15H2,1-6H3. The third-order valence-electron chi connectivity index (χ3n) is 4.93. The van der Waals surface area contributed by atoms with Crippen molar-refractivity contribution in [1.29, 1.82) is 0 Å². The first kappa shape index (κ1) is 17.8. The molecule has 2 aromatic carbocycles. The molecular weight excluding hydrogens is 332 g/mol. The van der Waals surface area contributed by atoms with Crippen molar-refractivity contribution in [2.45, 2.75) is 59.0 Å². The van der Waals surface area contributed by atoms with E-state index in [1.54, 1.807) is 0 Å². The van der Waals surface area contributed by atoms with Crippen LogP contribution in [0.1, 0.15) is 53.2 Å². The molecule has 0 saturated heterocycles. The molecule has 4 heteroatoms. The van der Waals surface area contributed by atoms with Gasteiger partial charge in [-0.2, -0.15) is 0 Å². The first-order chi connectivity index (χ1) is 12.7. The van der Waals surface area contributed by atoms with Crippen molar-refractivity contribution in [3.05, 3.63) is 60.2 Å². The molecule has 0 N–H and O–H groups in total. The highest BCUT2D eigenvalue weighted by Crippen LogP contribution is 2.30. The van der Waals surface area contributed by atoms with E-state index < -0.39 is 0 Å². The van der Waals surface area contributed by atoms with E-state index in [1.807, 2.05) is 0 Å². The maximum absolute atomic E-state index is 4.97. The predicted octanol–water partition coefficient (Wildman–Crippen LogP) is 5.49. The van der Waals surface area contributed by atoms with E-state index in [0.29, 0.717) is 6.67 Å². The lowest BCUT2D eigenvalue weighted by Crippen LogP contribution is -2.25. The zero-order chi connectivity index (χ0) is 19.4. The van der Waals surface area contributed by atoms with Crippen LogP contribution in [0.25, 0.3) is 22.1 Å². The van der Waals surface area contributed by atoms with Gasteiger partial charge in [0.1, 0.15) is 18.3 Å². The molecule has 4 aromatic rings. The van der Waals surface area contributed by atoms with Crippen LogP contribution in [0.15, 0.2) is 48.5 Å². The number of hydrogen-bond donors (Lipinski definition) is 0. The number of hydrogen-bond acceptors (Lipinski definition) is 2. The smallest absolute Gasteiger partial charge is 0.116 e. The van der Waals surface area contributed by atoms with Crippen molar-refractivity contribution in [3.63, 3.8) is 0 Å². The number of para-hydroxylation sites is 4. The Balaban J connectivity index is 1.98. The molecular formula is C23H28N4. The number of imidazole rings is 2. The molecule has 0 bridgehead atoms. The zero-order valence-corrected chi connectivity index (χ0v) is 17.1. The van der Waals surface area contributed by atoms with Crippen LogP contribution in [-0.4, -0.2) is 19.1 Å². The van der Waals surface area contributed by atoms with Crippen LogP contribution < -0.4 is 0 Å². The zero-order valence-electron chi connectivity index (χ0n) is 17.1. The summed E-state index contributed by atoms with van der Waals surface area (Å²) in [6.45, 7) is 14.1. The molecule has 0 fully saturated rings. The second kappa shape index (κ2) is 5.95. The van der Waals surface area contributed by atoms with Gasteiger partial charge in [-0.3, -0.25) is 0 Å². The monoisotopic (exact) mass is 360 g/mol. The van der Waals surface area contributed by atoms with Crippen LogP contribution in [0.3, 0.4) is 0 Å². The van der Waals surface area contributed by atoms with Crippen LogP contribution >= 0.6 is 0 Å². The predicted molar refractivity (Wildman–Crippen MR) is 112 cm³/mol. The van der Waals surface area contributed by atoms with Gasteiger partial charge in [-0.05, 0) is 24.3 Å². The van der Waals surface area contributed by atoms with Crippen LogP contribution in [0, 0.1) is 0 Å². The molecule has 140 valence electrons. The van der Waals surface area contributed by atoms with E-state index in [0.717, 1.165) is 22.7 Å². The van der Waals surface area contributed by atoms with Gasteiger partial charge >= 0.3 is 0 Å². The lowest BCUT2D eigenvalue weighted by atomic mass is 9.95. The molecule has 4 nitrogen and oxygen atoms in total. The van der Waals surface area contributed by atoms with Gasteiger partial charge in [-0.1, -0.05) is 65.8 Å². The van der Waals surface area contributed by atoms with Crippen molar-refractivity contribution in [2.75, 3.05) is 0 Å². The summed E-state index contributed by atoms with van der Waals surface area (Å²) in [6.07, 6.45) is 0. The van der Waals surface area contributed by atoms with E-state index >= 15 is 0 Å².